The van der Waals surface area contributed by atoms with Crippen LogP contribution < -0.4 is 0 Å². The summed E-state index contributed by atoms with van der Waals surface area (Å²) in [6, 6.07) is 13.7. The molecule has 1 unspecified atom stereocenters. The van der Waals surface area contributed by atoms with Gasteiger partial charge < -0.3 is 5.11 Å². The Balaban J connectivity index is 2.41. The first-order valence-electron chi connectivity index (χ1n) is 7.47. The van der Waals surface area contributed by atoms with Gasteiger partial charge in [-0.15, -0.1) is 0 Å². The lowest BCUT2D eigenvalue weighted by Crippen LogP contribution is -2.39. The maximum Gasteiger partial charge on any atom is 0.354 e. The summed E-state index contributed by atoms with van der Waals surface area (Å²) in [5, 5.41) is 9.34. The monoisotopic (exact) mass is 314 g/mol. The maximum absolute atomic E-state index is 15.2. The average Bonchev–Trinajstić information content (AvgIpc) is 2.54. The summed E-state index contributed by atoms with van der Waals surface area (Å²) >= 11 is 0. The van der Waals surface area contributed by atoms with Crippen molar-refractivity contribution in [2.24, 2.45) is 5.92 Å². The van der Waals surface area contributed by atoms with E-state index in [9.17, 15) is 14.7 Å². The number of benzene rings is 2. The Labute approximate surface area is 134 Å². The number of hydrogen-bond donors (Lipinski definition) is 1. The van der Waals surface area contributed by atoms with Gasteiger partial charge in [-0.3, -0.25) is 4.79 Å². The molecular formula is C19H19FO3. The molecular weight excluding hydrogens is 295 g/mol. The predicted molar refractivity (Wildman–Crippen MR) is 86.2 cm³/mol. The molecule has 0 amide bonds. The zero-order chi connectivity index (χ0) is 17.0. The van der Waals surface area contributed by atoms with Crippen molar-refractivity contribution in [3.05, 3.63) is 71.3 Å². The van der Waals surface area contributed by atoms with E-state index < -0.39 is 17.4 Å². The highest BCUT2D eigenvalue weighted by atomic mass is 19.1. The highest BCUT2D eigenvalue weighted by Crippen LogP contribution is 2.31. The first kappa shape index (κ1) is 16.9. The third kappa shape index (κ3) is 3.47. The molecule has 0 heterocycles. The fraction of sp³-hybridized carbons (Fsp3) is 0.263. The van der Waals surface area contributed by atoms with Crippen molar-refractivity contribution < 1.29 is 19.1 Å². The van der Waals surface area contributed by atoms with Crippen LogP contribution in [-0.4, -0.2) is 16.9 Å². The second-order valence-corrected chi connectivity index (χ2v) is 5.95. The number of carboxylic acids is 1. The standard InChI is InChI=1S/C19H19FO3/c1-13(2)12-14-8-10-16(11-9-14)19(20,18(22)23)17(21)15-6-4-3-5-7-15/h3-11,13H,12H2,1-2H3,(H,22,23). The second kappa shape index (κ2) is 6.73. The molecule has 0 radical (unpaired) electrons. The van der Waals surface area contributed by atoms with E-state index in [0.29, 0.717) is 5.92 Å². The van der Waals surface area contributed by atoms with Gasteiger partial charge in [0.15, 0.2) is 0 Å². The minimum atomic E-state index is -3.09. The second-order valence-electron chi connectivity index (χ2n) is 5.95. The fourth-order valence-corrected chi connectivity index (χ4v) is 2.48. The van der Waals surface area contributed by atoms with Crippen molar-refractivity contribution in [3.8, 4) is 0 Å². The normalized spacial score (nSPS) is 13.6. The van der Waals surface area contributed by atoms with Gasteiger partial charge in [-0.05, 0) is 17.9 Å². The zero-order valence-corrected chi connectivity index (χ0v) is 13.1. The van der Waals surface area contributed by atoms with Crippen LogP contribution in [0.5, 0.6) is 0 Å². The summed E-state index contributed by atoms with van der Waals surface area (Å²) in [6.07, 6.45) is 0.805. The first-order chi connectivity index (χ1) is 10.9. The number of halogens is 1. The molecule has 2 aromatic carbocycles. The topological polar surface area (TPSA) is 54.4 Å². The van der Waals surface area contributed by atoms with Gasteiger partial charge in [0.25, 0.3) is 5.67 Å². The van der Waals surface area contributed by atoms with Crippen molar-refractivity contribution in [2.75, 3.05) is 0 Å². The smallest absolute Gasteiger partial charge is 0.354 e. The van der Waals surface area contributed by atoms with Crippen molar-refractivity contribution in [3.63, 3.8) is 0 Å². The summed E-state index contributed by atoms with van der Waals surface area (Å²) < 4.78 is 15.2. The SMILES string of the molecule is CC(C)Cc1ccc(C(F)(C(=O)O)C(=O)c2ccccc2)cc1. The summed E-state index contributed by atoms with van der Waals surface area (Å²) in [5.74, 6) is -2.44. The van der Waals surface area contributed by atoms with Gasteiger partial charge in [-0.2, -0.15) is 0 Å². The third-order valence-electron chi connectivity index (χ3n) is 3.64. The highest BCUT2D eigenvalue weighted by Gasteiger charge is 2.48. The van der Waals surface area contributed by atoms with E-state index >= 15 is 4.39 Å². The molecule has 0 aliphatic carbocycles. The van der Waals surface area contributed by atoms with E-state index in [1.54, 1.807) is 30.3 Å². The minimum Gasteiger partial charge on any atom is -0.478 e. The van der Waals surface area contributed by atoms with Crippen molar-refractivity contribution in [1.82, 2.24) is 0 Å². The molecule has 2 rings (SSSR count). The van der Waals surface area contributed by atoms with Crippen LogP contribution in [0.25, 0.3) is 0 Å². The molecule has 23 heavy (non-hydrogen) atoms. The van der Waals surface area contributed by atoms with E-state index in [4.69, 9.17) is 0 Å². The van der Waals surface area contributed by atoms with Crippen molar-refractivity contribution in [1.29, 1.82) is 0 Å². The molecule has 0 bridgehead atoms. The van der Waals surface area contributed by atoms with Gasteiger partial charge in [0.2, 0.25) is 5.78 Å². The number of hydrogen-bond acceptors (Lipinski definition) is 2. The zero-order valence-electron chi connectivity index (χ0n) is 13.1. The molecule has 4 heteroatoms. The van der Waals surface area contributed by atoms with E-state index in [0.717, 1.165) is 12.0 Å². The molecule has 3 nitrogen and oxygen atoms in total. The van der Waals surface area contributed by atoms with Gasteiger partial charge in [-0.1, -0.05) is 68.4 Å². The van der Waals surface area contributed by atoms with Crippen LogP contribution in [0.3, 0.4) is 0 Å². The Morgan fingerprint density at radius 3 is 2.09 bits per heavy atom. The van der Waals surface area contributed by atoms with Crippen LogP contribution in [-0.2, 0) is 16.9 Å². The fourth-order valence-electron chi connectivity index (χ4n) is 2.48. The van der Waals surface area contributed by atoms with Gasteiger partial charge >= 0.3 is 5.97 Å². The Hall–Kier alpha value is -2.49. The molecule has 0 spiro atoms. The van der Waals surface area contributed by atoms with Crippen LogP contribution in [0.2, 0.25) is 0 Å². The number of Topliss-reactive ketones (excluding diaryl/α,β-unsaturated/α-hetero) is 1. The van der Waals surface area contributed by atoms with Crippen LogP contribution in [0.1, 0.15) is 35.3 Å². The maximum atomic E-state index is 15.2. The molecule has 0 saturated heterocycles. The summed E-state index contributed by atoms with van der Waals surface area (Å²) in [6.45, 7) is 4.12. The van der Waals surface area contributed by atoms with Gasteiger partial charge in [0, 0.05) is 11.1 Å². The highest BCUT2D eigenvalue weighted by molar-refractivity contribution is 6.15. The number of aliphatic carboxylic acids is 1. The predicted octanol–water partition coefficient (Wildman–Crippen LogP) is 4.02. The summed E-state index contributed by atoms with van der Waals surface area (Å²) in [5.41, 5.74) is -2.24. The van der Waals surface area contributed by atoms with Crippen molar-refractivity contribution in [2.45, 2.75) is 25.9 Å². The Kier molecular flexibility index (Phi) is 4.94. The van der Waals surface area contributed by atoms with Crippen LogP contribution in [0.15, 0.2) is 54.6 Å². The summed E-state index contributed by atoms with van der Waals surface area (Å²) in [7, 11) is 0. The number of carboxylic acid groups (broad SMARTS) is 1. The largest absolute Gasteiger partial charge is 0.478 e. The van der Waals surface area contributed by atoms with E-state index in [1.807, 2.05) is 0 Å². The van der Waals surface area contributed by atoms with E-state index in [1.165, 1.54) is 24.3 Å². The van der Waals surface area contributed by atoms with Gasteiger partial charge in [0.1, 0.15) is 0 Å². The molecule has 0 fully saturated rings. The summed E-state index contributed by atoms with van der Waals surface area (Å²) in [4.78, 5) is 23.9. The van der Waals surface area contributed by atoms with Gasteiger partial charge in [-0.25, -0.2) is 9.18 Å². The lowest BCUT2D eigenvalue weighted by atomic mass is 9.86. The number of carbonyl (C=O) groups excluding carboxylic acids is 1. The van der Waals surface area contributed by atoms with E-state index in [-0.39, 0.29) is 11.1 Å². The quantitative estimate of drug-likeness (QED) is 0.647. The molecule has 0 aliphatic heterocycles. The number of alkyl halides is 1. The number of rotatable bonds is 6. The molecule has 0 aliphatic rings. The molecule has 1 N–H and O–H groups in total. The Bertz CT molecular complexity index is 692. The molecule has 0 saturated carbocycles. The molecule has 2 aromatic rings. The minimum absolute atomic E-state index is 0.0312. The van der Waals surface area contributed by atoms with Gasteiger partial charge in [0.05, 0.1) is 0 Å². The molecule has 1 atom stereocenters. The van der Waals surface area contributed by atoms with Crippen LogP contribution >= 0.6 is 0 Å². The van der Waals surface area contributed by atoms with Crippen LogP contribution in [0.4, 0.5) is 4.39 Å². The van der Waals surface area contributed by atoms with Crippen LogP contribution in [0, 0.1) is 5.92 Å². The number of carbonyl (C=O) groups is 2. The Morgan fingerprint density at radius 1 is 1.04 bits per heavy atom. The lowest BCUT2D eigenvalue weighted by molar-refractivity contribution is -0.148. The third-order valence-corrected chi connectivity index (χ3v) is 3.64. The number of ketones is 1. The van der Waals surface area contributed by atoms with E-state index in [2.05, 4.69) is 13.8 Å². The average molecular weight is 314 g/mol. The van der Waals surface area contributed by atoms with Crippen molar-refractivity contribution >= 4 is 11.8 Å². The lowest BCUT2D eigenvalue weighted by Gasteiger charge is -2.20. The molecule has 120 valence electrons. The Morgan fingerprint density at radius 2 is 1.61 bits per heavy atom. The first-order valence-corrected chi connectivity index (χ1v) is 7.47. The molecule has 0 aromatic heterocycles.